The standard InChI is InChI=1S/C26H42O/c1-7-8-20-26(27)21-12-19-25(6)18-11-17-24(5)16-10-15-23(4)14-9-13-22(2)3/h7,13,15,17,19H,1,8-12,14,16,18,20-21H2,2-6H3/b23-15+,24-17+,25-19+. The molecule has 0 fully saturated rings. The van der Waals surface area contributed by atoms with Gasteiger partial charge in [0.2, 0.25) is 0 Å². The zero-order valence-corrected chi connectivity index (χ0v) is 18.6. The summed E-state index contributed by atoms with van der Waals surface area (Å²) in [6, 6.07) is 0. The van der Waals surface area contributed by atoms with Crippen LogP contribution in [0.25, 0.3) is 0 Å². The summed E-state index contributed by atoms with van der Waals surface area (Å²) in [5.74, 6) is 0.346. The van der Waals surface area contributed by atoms with Gasteiger partial charge in [0.1, 0.15) is 5.78 Å². The molecule has 152 valence electrons. The smallest absolute Gasteiger partial charge is 0.133 e. The predicted molar refractivity (Wildman–Crippen MR) is 122 cm³/mol. The Morgan fingerprint density at radius 3 is 1.37 bits per heavy atom. The molecular weight excluding hydrogens is 328 g/mol. The third kappa shape index (κ3) is 17.5. The molecule has 0 bridgehead atoms. The van der Waals surface area contributed by atoms with Gasteiger partial charge in [-0.3, -0.25) is 4.79 Å². The summed E-state index contributed by atoms with van der Waals surface area (Å²) < 4.78 is 0. The van der Waals surface area contributed by atoms with E-state index in [0.29, 0.717) is 18.6 Å². The molecule has 0 aromatic rings. The number of ketones is 1. The van der Waals surface area contributed by atoms with Crippen LogP contribution in [-0.2, 0) is 4.79 Å². The summed E-state index contributed by atoms with van der Waals surface area (Å²) >= 11 is 0. The fraction of sp³-hybridized carbons (Fsp3) is 0.577. The quantitative estimate of drug-likeness (QED) is 0.264. The molecule has 0 aliphatic heterocycles. The first-order valence-corrected chi connectivity index (χ1v) is 10.6. The first kappa shape index (κ1) is 25.4. The molecule has 0 N–H and O–H groups in total. The highest BCUT2D eigenvalue weighted by molar-refractivity contribution is 5.78. The van der Waals surface area contributed by atoms with E-state index in [4.69, 9.17) is 0 Å². The first-order chi connectivity index (χ1) is 12.8. The number of rotatable bonds is 15. The fourth-order valence-corrected chi connectivity index (χ4v) is 2.85. The minimum absolute atomic E-state index is 0.346. The lowest BCUT2D eigenvalue weighted by Gasteiger charge is -2.03. The van der Waals surface area contributed by atoms with Gasteiger partial charge in [-0.25, -0.2) is 0 Å². The van der Waals surface area contributed by atoms with Crippen LogP contribution in [0.15, 0.2) is 59.3 Å². The SMILES string of the molecule is C=CCCC(=O)CC/C=C(\C)CC/C=C(\C)CC/C=C(\C)CCC=C(C)C. The highest BCUT2D eigenvalue weighted by atomic mass is 16.1. The predicted octanol–water partition coefficient (Wildman–Crippen LogP) is 8.45. The van der Waals surface area contributed by atoms with Gasteiger partial charge in [-0.05, 0) is 86.0 Å². The van der Waals surface area contributed by atoms with Crippen molar-refractivity contribution in [2.75, 3.05) is 0 Å². The van der Waals surface area contributed by atoms with Gasteiger partial charge < -0.3 is 0 Å². The van der Waals surface area contributed by atoms with Gasteiger partial charge in [-0.2, -0.15) is 0 Å². The molecule has 1 nitrogen and oxygen atoms in total. The maximum absolute atomic E-state index is 11.6. The van der Waals surface area contributed by atoms with E-state index in [2.05, 4.69) is 65.5 Å². The van der Waals surface area contributed by atoms with E-state index in [9.17, 15) is 4.79 Å². The van der Waals surface area contributed by atoms with E-state index in [-0.39, 0.29) is 0 Å². The van der Waals surface area contributed by atoms with E-state index in [1.54, 1.807) is 0 Å². The molecule has 0 unspecified atom stereocenters. The van der Waals surface area contributed by atoms with Crippen molar-refractivity contribution in [3.8, 4) is 0 Å². The maximum atomic E-state index is 11.6. The van der Waals surface area contributed by atoms with E-state index < -0.39 is 0 Å². The van der Waals surface area contributed by atoms with E-state index >= 15 is 0 Å². The van der Waals surface area contributed by atoms with Crippen molar-refractivity contribution in [3.63, 3.8) is 0 Å². The minimum Gasteiger partial charge on any atom is -0.300 e. The van der Waals surface area contributed by atoms with Crippen LogP contribution in [0.2, 0.25) is 0 Å². The van der Waals surface area contributed by atoms with Gasteiger partial charge >= 0.3 is 0 Å². The molecule has 1 heteroatoms. The Balaban J connectivity index is 4.00. The Morgan fingerprint density at radius 2 is 0.963 bits per heavy atom. The summed E-state index contributed by atoms with van der Waals surface area (Å²) in [5, 5.41) is 0. The Kier molecular flexibility index (Phi) is 15.5. The summed E-state index contributed by atoms with van der Waals surface area (Å²) in [4.78, 5) is 11.6. The van der Waals surface area contributed by atoms with Crippen LogP contribution >= 0.6 is 0 Å². The number of allylic oxidation sites excluding steroid dienone is 9. The minimum atomic E-state index is 0.346. The second-order valence-corrected chi connectivity index (χ2v) is 7.95. The lowest BCUT2D eigenvalue weighted by atomic mass is 10.0. The zero-order valence-electron chi connectivity index (χ0n) is 18.6. The molecular formula is C26H42O. The normalized spacial score (nSPS) is 12.9. The Morgan fingerprint density at radius 1 is 0.593 bits per heavy atom. The lowest BCUT2D eigenvalue weighted by molar-refractivity contribution is -0.118. The number of carbonyl (C=O) groups excluding carboxylic acids is 1. The van der Waals surface area contributed by atoms with Crippen molar-refractivity contribution in [2.45, 2.75) is 98.8 Å². The molecule has 0 amide bonds. The van der Waals surface area contributed by atoms with Crippen LogP contribution in [0.5, 0.6) is 0 Å². The van der Waals surface area contributed by atoms with Crippen LogP contribution in [0.3, 0.4) is 0 Å². The molecule has 0 spiro atoms. The molecule has 0 heterocycles. The van der Waals surface area contributed by atoms with Crippen LogP contribution in [0.1, 0.15) is 98.8 Å². The summed E-state index contributed by atoms with van der Waals surface area (Å²) in [5.41, 5.74) is 5.79. The zero-order chi connectivity index (χ0) is 20.5. The average Bonchev–Trinajstić information content (AvgIpc) is 2.59. The number of Topliss-reactive ketones (excluding diaryl/α,β-unsaturated/α-hetero) is 1. The van der Waals surface area contributed by atoms with Gasteiger partial charge in [0.05, 0.1) is 0 Å². The van der Waals surface area contributed by atoms with E-state index in [1.165, 1.54) is 28.7 Å². The molecule has 0 aromatic carbocycles. The number of hydrogen-bond donors (Lipinski definition) is 0. The van der Waals surface area contributed by atoms with Crippen LogP contribution in [0.4, 0.5) is 0 Å². The van der Waals surface area contributed by atoms with Crippen molar-refractivity contribution in [3.05, 3.63) is 59.3 Å². The van der Waals surface area contributed by atoms with Crippen molar-refractivity contribution < 1.29 is 4.79 Å². The van der Waals surface area contributed by atoms with Gasteiger partial charge in [-0.15, -0.1) is 6.58 Å². The van der Waals surface area contributed by atoms with Gasteiger partial charge in [0, 0.05) is 12.8 Å². The lowest BCUT2D eigenvalue weighted by Crippen LogP contribution is -1.95. The van der Waals surface area contributed by atoms with Gasteiger partial charge in [0.15, 0.2) is 0 Å². The van der Waals surface area contributed by atoms with E-state index in [0.717, 1.165) is 44.9 Å². The highest BCUT2D eigenvalue weighted by Gasteiger charge is 1.99. The highest BCUT2D eigenvalue weighted by Crippen LogP contribution is 2.14. The van der Waals surface area contributed by atoms with Gasteiger partial charge in [0.25, 0.3) is 0 Å². The number of hydrogen-bond acceptors (Lipinski definition) is 1. The molecule has 0 rings (SSSR count). The van der Waals surface area contributed by atoms with Crippen molar-refractivity contribution in [1.82, 2.24) is 0 Å². The summed E-state index contributed by atoms with van der Waals surface area (Å²) in [6.45, 7) is 14.6. The molecule has 0 radical (unpaired) electrons. The number of carbonyl (C=O) groups is 1. The largest absolute Gasteiger partial charge is 0.300 e. The van der Waals surface area contributed by atoms with Crippen molar-refractivity contribution in [1.29, 1.82) is 0 Å². The maximum Gasteiger partial charge on any atom is 0.133 e. The Bertz CT molecular complexity index is 551. The fourth-order valence-electron chi connectivity index (χ4n) is 2.85. The van der Waals surface area contributed by atoms with Crippen LogP contribution < -0.4 is 0 Å². The first-order valence-electron chi connectivity index (χ1n) is 10.6. The second-order valence-electron chi connectivity index (χ2n) is 7.95. The molecule has 0 aliphatic carbocycles. The topological polar surface area (TPSA) is 17.1 Å². The Labute approximate surface area is 169 Å². The van der Waals surface area contributed by atoms with E-state index in [1.807, 2.05) is 6.08 Å². The van der Waals surface area contributed by atoms with Crippen LogP contribution in [0, 0.1) is 0 Å². The van der Waals surface area contributed by atoms with Crippen molar-refractivity contribution in [2.24, 2.45) is 0 Å². The molecule has 0 saturated carbocycles. The Hall–Kier alpha value is -1.63. The summed E-state index contributed by atoms with van der Waals surface area (Å²) in [6.07, 6.45) is 20.9. The molecule has 0 atom stereocenters. The second kappa shape index (κ2) is 16.5. The third-order valence-electron chi connectivity index (χ3n) is 4.70. The molecule has 0 aromatic heterocycles. The van der Waals surface area contributed by atoms with Crippen molar-refractivity contribution >= 4 is 5.78 Å². The average molecular weight is 371 g/mol. The third-order valence-corrected chi connectivity index (χ3v) is 4.70. The molecule has 27 heavy (non-hydrogen) atoms. The molecule has 0 saturated heterocycles. The van der Waals surface area contributed by atoms with Gasteiger partial charge in [-0.1, -0.05) is 52.7 Å². The molecule has 0 aliphatic rings. The monoisotopic (exact) mass is 370 g/mol. The summed E-state index contributed by atoms with van der Waals surface area (Å²) in [7, 11) is 0. The van der Waals surface area contributed by atoms with Crippen LogP contribution in [-0.4, -0.2) is 5.78 Å².